The van der Waals surface area contributed by atoms with Crippen molar-refractivity contribution in [1.29, 1.82) is 0 Å². The molecule has 0 aliphatic heterocycles. The summed E-state index contributed by atoms with van der Waals surface area (Å²) in [6, 6.07) is 0. The second kappa shape index (κ2) is 28.6. The lowest BCUT2D eigenvalue weighted by atomic mass is 10.3. The Morgan fingerprint density at radius 3 is 0.783 bits per heavy atom. The highest BCUT2D eigenvalue weighted by molar-refractivity contribution is 5.67. The second-order valence-corrected chi connectivity index (χ2v) is 4.49. The molecule has 0 radical (unpaired) electrons. The summed E-state index contributed by atoms with van der Waals surface area (Å²) in [5, 5.41) is 24.1. The lowest BCUT2D eigenvalue weighted by Gasteiger charge is -1.85. The number of rotatable bonds is 9. The van der Waals surface area contributed by atoms with E-state index in [0.29, 0.717) is 19.3 Å². The largest absolute Gasteiger partial charge is 0.481 e. The van der Waals surface area contributed by atoms with Gasteiger partial charge >= 0.3 is 17.9 Å². The molecule has 0 aliphatic carbocycles. The lowest BCUT2D eigenvalue weighted by molar-refractivity contribution is -0.138. The van der Waals surface area contributed by atoms with Crippen molar-refractivity contribution in [3.8, 4) is 0 Å². The Morgan fingerprint density at radius 1 is 0.565 bits per heavy atom. The molecule has 23 heavy (non-hydrogen) atoms. The fourth-order valence-electron chi connectivity index (χ4n) is 0.984. The molecule has 0 aliphatic rings. The summed E-state index contributed by atoms with van der Waals surface area (Å²) >= 11 is 0. The minimum atomic E-state index is -0.693. The first-order chi connectivity index (χ1) is 10.8. The molecule has 0 amide bonds. The third-order valence-corrected chi connectivity index (χ3v) is 2.23. The second-order valence-electron chi connectivity index (χ2n) is 4.49. The Hall–Kier alpha value is -1.59. The molecule has 140 valence electrons. The van der Waals surface area contributed by atoms with Crippen molar-refractivity contribution in [2.75, 3.05) is 0 Å². The van der Waals surface area contributed by atoms with E-state index in [4.69, 9.17) is 15.3 Å². The van der Waals surface area contributed by atoms with E-state index in [1.165, 1.54) is 0 Å². The Balaban J connectivity index is -0.000000111. The van der Waals surface area contributed by atoms with E-state index in [9.17, 15) is 14.4 Å². The fraction of sp³-hybridized carbons (Fsp3) is 0.824. The molecular formula is C17H36O6. The van der Waals surface area contributed by atoms with Crippen LogP contribution >= 0.6 is 0 Å². The van der Waals surface area contributed by atoms with Gasteiger partial charge < -0.3 is 15.3 Å². The highest BCUT2D eigenvalue weighted by Crippen LogP contribution is 1.92. The summed E-state index contributed by atoms with van der Waals surface area (Å²) in [5.74, 6) is -2.08. The number of carbonyl (C=O) groups is 3. The van der Waals surface area contributed by atoms with Crippen LogP contribution in [0.4, 0.5) is 0 Å². The van der Waals surface area contributed by atoms with Crippen LogP contribution < -0.4 is 0 Å². The monoisotopic (exact) mass is 336 g/mol. The fourth-order valence-corrected chi connectivity index (χ4v) is 0.984. The molecular weight excluding hydrogens is 300 g/mol. The molecule has 0 spiro atoms. The Bertz CT molecular complexity index is 221. The smallest absolute Gasteiger partial charge is 0.303 e. The van der Waals surface area contributed by atoms with Gasteiger partial charge in [-0.05, 0) is 19.3 Å². The van der Waals surface area contributed by atoms with Crippen LogP contribution in [0.25, 0.3) is 0 Å². The summed E-state index contributed by atoms with van der Waals surface area (Å²) in [6.07, 6.45) is 6.24. The molecule has 0 rings (SSSR count). The van der Waals surface area contributed by atoms with Crippen LogP contribution in [-0.2, 0) is 14.4 Å². The van der Waals surface area contributed by atoms with Gasteiger partial charge in [0, 0.05) is 19.3 Å². The number of carboxylic acids is 3. The standard InChI is InChI=1S/3C5H10O2.C2H6/c3*1-2-3-4-5(6)7;1-2/h3*2-4H2,1H3,(H,6,7);1-2H3. The van der Waals surface area contributed by atoms with E-state index >= 15 is 0 Å². The van der Waals surface area contributed by atoms with Gasteiger partial charge in [0.25, 0.3) is 0 Å². The quantitative estimate of drug-likeness (QED) is 0.557. The van der Waals surface area contributed by atoms with E-state index in [1.54, 1.807) is 0 Å². The Labute approximate surface area is 140 Å². The van der Waals surface area contributed by atoms with Crippen molar-refractivity contribution in [2.24, 2.45) is 0 Å². The minimum absolute atomic E-state index is 0.316. The highest BCUT2D eigenvalue weighted by Gasteiger charge is 1.92. The molecule has 0 saturated carbocycles. The molecule has 0 unspecified atom stereocenters. The predicted molar refractivity (Wildman–Crippen MR) is 92.8 cm³/mol. The summed E-state index contributed by atoms with van der Waals surface area (Å²) < 4.78 is 0. The first-order valence-corrected chi connectivity index (χ1v) is 8.47. The Kier molecular flexibility index (Phi) is 36.5. The molecule has 3 N–H and O–H groups in total. The zero-order chi connectivity index (χ0) is 19.1. The SMILES string of the molecule is CC.CCCCC(=O)O.CCCCC(=O)O.CCCCC(=O)O. The van der Waals surface area contributed by atoms with E-state index in [1.807, 2.05) is 34.6 Å². The van der Waals surface area contributed by atoms with Crippen molar-refractivity contribution >= 4 is 17.9 Å². The van der Waals surface area contributed by atoms with Gasteiger partial charge in [-0.1, -0.05) is 53.9 Å². The van der Waals surface area contributed by atoms with Gasteiger partial charge in [-0.15, -0.1) is 0 Å². The van der Waals surface area contributed by atoms with Gasteiger partial charge in [0.15, 0.2) is 0 Å². The molecule has 0 saturated heterocycles. The van der Waals surface area contributed by atoms with E-state index in [-0.39, 0.29) is 0 Å². The molecule has 0 atom stereocenters. The maximum Gasteiger partial charge on any atom is 0.303 e. The minimum Gasteiger partial charge on any atom is -0.481 e. The number of hydrogen-bond acceptors (Lipinski definition) is 3. The van der Waals surface area contributed by atoms with Crippen LogP contribution in [0.3, 0.4) is 0 Å². The number of unbranched alkanes of at least 4 members (excludes halogenated alkanes) is 3. The number of carboxylic acid groups (broad SMARTS) is 3. The molecule has 0 aromatic carbocycles. The lowest BCUT2D eigenvalue weighted by Crippen LogP contribution is -1.91. The Morgan fingerprint density at radius 2 is 0.739 bits per heavy atom. The van der Waals surface area contributed by atoms with Crippen molar-refractivity contribution in [2.45, 2.75) is 92.4 Å². The van der Waals surface area contributed by atoms with Crippen LogP contribution in [0.5, 0.6) is 0 Å². The molecule has 6 heteroatoms. The van der Waals surface area contributed by atoms with E-state index in [2.05, 4.69) is 0 Å². The molecule has 0 fully saturated rings. The van der Waals surface area contributed by atoms with Gasteiger partial charge in [-0.2, -0.15) is 0 Å². The van der Waals surface area contributed by atoms with Crippen molar-refractivity contribution < 1.29 is 29.7 Å². The third-order valence-electron chi connectivity index (χ3n) is 2.23. The summed E-state index contributed by atoms with van der Waals surface area (Å²) in [6.45, 7) is 9.93. The van der Waals surface area contributed by atoms with Gasteiger partial charge in [-0.3, -0.25) is 14.4 Å². The highest BCUT2D eigenvalue weighted by atomic mass is 16.4. The zero-order valence-electron chi connectivity index (χ0n) is 15.4. The zero-order valence-corrected chi connectivity index (χ0v) is 15.4. The van der Waals surface area contributed by atoms with Crippen LogP contribution in [0.1, 0.15) is 92.4 Å². The third kappa shape index (κ3) is 63.8. The van der Waals surface area contributed by atoms with Crippen LogP contribution in [0.15, 0.2) is 0 Å². The first-order valence-electron chi connectivity index (χ1n) is 8.47. The van der Waals surface area contributed by atoms with Crippen LogP contribution in [0.2, 0.25) is 0 Å². The van der Waals surface area contributed by atoms with Gasteiger partial charge in [0.05, 0.1) is 0 Å². The number of aliphatic carboxylic acids is 3. The summed E-state index contributed by atoms with van der Waals surface area (Å²) in [7, 11) is 0. The molecule has 0 aromatic heterocycles. The first kappa shape index (κ1) is 29.4. The summed E-state index contributed by atoms with van der Waals surface area (Å²) in [5.41, 5.74) is 0. The predicted octanol–water partition coefficient (Wildman–Crippen LogP) is 4.81. The van der Waals surface area contributed by atoms with Crippen molar-refractivity contribution in [1.82, 2.24) is 0 Å². The summed E-state index contributed by atoms with van der Waals surface area (Å²) in [4.78, 5) is 29.3. The maximum atomic E-state index is 9.76. The molecule has 0 heterocycles. The van der Waals surface area contributed by atoms with Crippen molar-refractivity contribution in [3.63, 3.8) is 0 Å². The average molecular weight is 336 g/mol. The molecule has 6 nitrogen and oxygen atoms in total. The number of hydrogen-bond donors (Lipinski definition) is 3. The van der Waals surface area contributed by atoms with E-state index in [0.717, 1.165) is 38.5 Å². The van der Waals surface area contributed by atoms with Crippen LogP contribution in [0, 0.1) is 0 Å². The van der Waals surface area contributed by atoms with Gasteiger partial charge in [-0.25, -0.2) is 0 Å². The molecule has 0 aromatic rings. The topological polar surface area (TPSA) is 112 Å². The normalized spacial score (nSPS) is 8.22. The average Bonchev–Trinajstić information content (AvgIpc) is 2.52. The van der Waals surface area contributed by atoms with Gasteiger partial charge in [0.2, 0.25) is 0 Å². The maximum absolute atomic E-state index is 9.76. The molecule has 0 bridgehead atoms. The van der Waals surface area contributed by atoms with Crippen molar-refractivity contribution in [3.05, 3.63) is 0 Å². The van der Waals surface area contributed by atoms with Crippen LogP contribution in [-0.4, -0.2) is 33.2 Å². The van der Waals surface area contributed by atoms with E-state index < -0.39 is 17.9 Å². The van der Waals surface area contributed by atoms with Gasteiger partial charge in [0.1, 0.15) is 0 Å².